The average Bonchev–Trinajstić information content (AvgIpc) is 3.51. The van der Waals surface area contributed by atoms with Crippen LogP contribution in [0.5, 0.6) is 0 Å². The van der Waals surface area contributed by atoms with E-state index >= 15 is 4.39 Å². The molecule has 10 atom stereocenters. The number of allylic oxidation sites excluding steroid dienone is 4. The summed E-state index contributed by atoms with van der Waals surface area (Å²) in [5.41, 5.74) is 4.62. The molecule has 2 aromatic carbocycles. The summed E-state index contributed by atoms with van der Waals surface area (Å²) in [6.45, 7) is 5.02. The summed E-state index contributed by atoms with van der Waals surface area (Å²) in [4.78, 5) is 25.9. The standard InChI is InChI=1S/C36H40FNO6/c1-20(23-5-4-6-25(38)15-23)21-7-9-22(10-8-21)32-43-31-17-28-27-12-11-24-16-26(40)13-14-33(24,2)35(27,37)29(41)18-34(28,3)36(31,44-32)30(42)19-39/h4-10,13-16,20,27-29,31-32,39,41H,11-12,17-19,38H2,1-3H3/t20-,27-,28-,29-,31+,32+,33-,34-,35-,36+/m0/s1. The summed E-state index contributed by atoms with van der Waals surface area (Å²) in [6, 6.07) is 15.7. The smallest absolute Gasteiger partial charge is 0.193 e. The molecule has 5 aliphatic rings. The van der Waals surface area contributed by atoms with E-state index < -0.39 is 58.9 Å². The van der Waals surface area contributed by atoms with Gasteiger partial charge in [0, 0.05) is 33.9 Å². The molecule has 4 aliphatic carbocycles. The molecule has 232 valence electrons. The number of halogens is 1. The number of Topliss-reactive ketones (excluding diaryl/α,β-unsaturated/α-hetero) is 1. The zero-order valence-electron chi connectivity index (χ0n) is 25.3. The van der Waals surface area contributed by atoms with Crippen LogP contribution in [0.3, 0.4) is 0 Å². The molecule has 2 aromatic rings. The second-order valence-electron chi connectivity index (χ2n) is 14.0. The summed E-state index contributed by atoms with van der Waals surface area (Å²) in [5.74, 6) is -1.51. The van der Waals surface area contributed by atoms with Gasteiger partial charge in [-0.2, -0.15) is 0 Å². The van der Waals surface area contributed by atoms with Crippen molar-refractivity contribution in [3.8, 4) is 0 Å². The van der Waals surface area contributed by atoms with Crippen LogP contribution in [0.25, 0.3) is 0 Å². The minimum absolute atomic E-state index is 0.0374. The van der Waals surface area contributed by atoms with Crippen molar-refractivity contribution >= 4 is 17.3 Å². The summed E-state index contributed by atoms with van der Waals surface area (Å²) in [6.07, 6.45) is 2.82. The normalized spacial score (nSPS) is 41.3. The predicted molar refractivity (Wildman–Crippen MR) is 162 cm³/mol. The highest BCUT2D eigenvalue weighted by Crippen LogP contribution is 2.72. The monoisotopic (exact) mass is 601 g/mol. The molecule has 0 bridgehead atoms. The molecule has 4 fully saturated rings. The van der Waals surface area contributed by atoms with Crippen LogP contribution < -0.4 is 5.73 Å². The molecule has 1 heterocycles. The Labute approximate surface area is 256 Å². The third-order valence-electron chi connectivity index (χ3n) is 12.1. The van der Waals surface area contributed by atoms with Gasteiger partial charge in [0.15, 0.2) is 29.1 Å². The number of ether oxygens (including phenoxy) is 2. The van der Waals surface area contributed by atoms with Crippen molar-refractivity contribution in [2.75, 3.05) is 12.3 Å². The molecule has 0 amide bonds. The van der Waals surface area contributed by atoms with Gasteiger partial charge in [-0.3, -0.25) is 9.59 Å². The van der Waals surface area contributed by atoms with Gasteiger partial charge in [-0.25, -0.2) is 4.39 Å². The number of alkyl halides is 1. The van der Waals surface area contributed by atoms with Gasteiger partial charge in [-0.15, -0.1) is 0 Å². The number of ketones is 2. The van der Waals surface area contributed by atoms with E-state index in [0.29, 0.717) is 30.5 Å². The predicted octanol–water partition coefficient (Wildman–Crippen LogP) is 5.12. The zero-order valence-corrected chi connectivity index (χ0v) is 25.3. The SMILES string of the molecule is C[C@@H](c1ccc([C@@H]2O[C@@H]3C[C@H]4[C@@H]5CCC6=CC(=O)C=C[C@]6(C)[C@@]5(F)[C@@H](O)C[C@]4(C)[C@]3(C(=O)CO)O2)cc1)c1cccc(N)c1. The number of aliphatic hydroxyl groups is 2. The fraction of sp³-hybridized carbons (Fsp3) is 0.500. The molecule has 44 heavy (non-hydrogen) atoms. The van der Waals surface area contributed by atoms with E-state index in [2.05, 4.69) is 6.92 Å². The third-order valence-corrected chi connectivity index (χ3v) is 12.1. The Morgan fingerprint density at radius 1 is 1.14 bits per heavy atom. The lowest BCUT2D eigenvalue weighted by Gasteiger charge is -2.62. The molecular weight excluding hydrogens is 561 g/mol. The first-order valence-corrected chi connectivity index (χ1v) is 15.6. The molecule has 0 radical (unpaired) electrons. The summed E-state index contributed by atoms with van der Waals surface area (Å²) >= 11 is 0. The van der Waals surface area contributed by atoms with Gasteiger partial charge in [0.1, 0.15) is 6.61 Å². The number of rotatable bonds is 5. The number of benzene rings is 2. The largest absolute Gasteiger partial charge is 0.399 e. The second-order valence-corrected chi connectivity index (χ2v) is 14.0. The summed E-state index contributed by atoms with van der Waals surface area (Å²) in [7, 11) is 0. The topological polar surface area (TPSA) is 119 Å². The molecule has 1 saturated heterocycles. The van der Waals surface area contributed by atoms with Gasteiger partial charge < -0.3 is 25.4 Å². The lowest BCUT2D eigenvalue weighted by Crippen LogP contribution is -2.69. The Hall–Kier alpha value is -3.17. The van der Waals surface area contributed by atoms with E-state index in [-0.39, 0.29) is 24.0 Å². The maximum atomic E-state index is 17.6. The van der Waals surface area contributed by atoms with Crippen molar-refractivity contribution in [3.63, 3.8) is 0 Å². The van der Waals surface area contributed by atoms with Crippen molar-refractivity contribution in [1.82, 2.24) is 0 Å². The fourth-order valence-electron chi connectivity index (χ4n) is 9.68. The lowest BCUT2D eigenvalue weighted by molar-refractivity contribution is -0.231. The second kappa shape index (κ2) is 9.91. The minimum atomic E-state index is -2.03. The van der Waals surface area contributed by atoms with Gasteiger partial charge in [0.25, 0.3) is 0 Å². The van der Waals surface area contributed by atoms with Gasteiger partial charge in [0.05, 0.1) is 12.2 Å². The van der Waals surface area contributed by atoms with Crippen LogP contribution in [-0.4, -0.2) is 51.9 Å². The Morgan fingerprint density at radius 3 is 2.59 bits per heavy atom. The van der Waals surface area contributed by atoms with Crippen LogP contribution in [0.4, 0.5) is 10.1 Å². The van der Waals surface area contributed by atoms with Crippen LogP contribution in [0, 0.1) is 22.7 Å². The van der Waals surface area contributed by atoms with E-state index in [0.717, 1.165) is 16.7 Å². The van der Waals surface area contributed by atoms with Gasteiger partial charge in [-0.05, 0) is 73.9 Å². The zero-order chi connectivity index (χ0) is 31.2. The number of fused-ring (bicyclic) bond motifs is 7. The van der Waals surface area contributed by atoms with E-state index in [4.69, 9.17) is 15.2 Å². The molecule has 7 rings (SSSR count). The number of nitrogens with two attached hydrogens (primary N) is 1. The number of anilines is 1. The molecule has 4 N–H and O–H groups in total. The van der Waals surface area contributed by atoms with Gasteiger partial charge in [-0.1, -0.05) is 61.9 Å². The molecule has 8 heteroatoms. The van der Waals surface area contributed by atoms with E-state index in [1.165, 1.54) is 12.2 Å². The maximum absolute atomic E-state index is 17.6. The first kappa shape index (κ1) is 29.5. The highest BCUT2D eigenvalue weighted by atomic mass is 19.1. The van der Waals surface area contributed by atoms with Crippen molar-refractivity contribution in [1.29, 1.82) is 0 Å². The van der Waals surface area contributed by atoms with E-state index in [1.54, 1.807) is 13.0 Å². The number of carbonyl (C=O) groups excluding carboxylic acids is 2. The molecule has 0 aromatic heterocycles. The van der Waals surface area contributed by atoms with Crippen LogP contribution in [-0.2, 0) is 19.1 Å². The quantitative estimate of drug-likeness (QED) is 0.408. The van der Waals surface area contributed by atoms with E-state index in [9.17, 15) is 19.8 Å². The number of carbonyl (C=O) groups is 2. The van der Waals surface area contributed by atoms with Crippen LogP contribution >= 0.6 is 0 Å². The molecular formula is C36H40FNO6. The van der Waals surface area contributed by atoms with E-state index in [1.807, 2.05) is 55.5 Å². The fourth-order valence-corrected chi connectivity index (χ4v) is 9.68. The number of aliphatic hydroxyl groups excluding tert-OH is 2. The van der Waals surface area contributed by atoms with Gasteiger partial charge in [0.2, 0.25) is 0 Å². The third kappa shape index (κ3) is 3.74. The molecule has 3 saturated carbocycles. The summed E-state index contributed by atoms with van der Waals surface area (Å²) in [5, 5.41) is 21.9. The highest BCUT2D eigenvalue weighted by Gasteiger charge is 2.79. The van der Waals surface area contributed by atoms with Crippen molar-refractivity contribution in [2.45, 2.75) is 82.1 Å². The maximum Gasteiger partial charge on any atom is 0.193 e. The number of nitrogen functional groups attached to an aromatic ring is 1. The van der Waals surface area contributed by atoms with Crippen LogP contribution in [0.1, 0.15) is 75.4 Å². The number of hydrogen-bond acceptors (Lipinski definition) is 7. The van der Waals surface area contributed by atoms with Crippen LogP contribution in [0.15, 0.2) is 72.3 Å². The summed E-state index contributed by atoms with van der Waals surface area (Å²) < 4.78 is 30.7. The first-order chi connectivity index (χ1) is 20.9. The Bertz CT molecular complexity index is 1590. The lowest BCUT2D eigenvalue weighted by atomic mass is 9.44. The molecule has 0 spiro atoms. The first-order valence-electron chi connectivity index (χ1n) is 15.6. The Balaban J connectivity index is 1.20. The molecule has 0 unspecified atom stereocenters. The van der Waals surface area contributed by atoms with Crippen molar-refractivity contribution in [3.05, 3.63) is 89.0 Å². The number of hydrogen-bond donors (Lipinski definition) is 3. The minimum Gasteiger partial charge on any atom is -0.399 e. The Morgan fingerprint density at radius 2 is 1.89 bits per heavy atom. The highest BCUT2D eigenvalue weighted by molar-refractivity contribution is 6.01. The molecule has 1 aliphatic heterocycles. The van der Waals surface area contributed by atoms with Gasteiger partial charge >= 0.3 is 0 Å². The Kier molecular flexibility index (Phi) is 6.66. The van der Waals surface area contributed by atoms with Crippen LogP contribution in [0.2, 0.25) is 0 Å². The van der Waals surface area contributed by atoms with Crippen molar-refractivity contribution in [2.24, 2.45) is 22.7 Å². The van der Waals surface area contributed by atoms with Crippen molar-refractivity contribution < 1.29 is 33.7 Å². The molecule has 7 nitrogen and oxygen atoms in total. The average molecular weight is 602 g/mol.